The van der Waals surface area contributed by atoms with Gasteiger partial charge in [0.05, 0.1) is 0 Å². The number of benzene rings is 3. The van der Waals surface area contributed by atoms with Crippen molar-refractivity contribution in [2.24, 2.45) is 0 Å². The molecular formula is C25H23NO3. The van der Waals surface area contributed by atoms with Crippen LogP contribution < -0.4 is 5.43 Å². The van der Waals surface area contributed by atoms with Crippen LogP contribution in [0.25, 0.3) is 22.6 Å². The normalized spacial score (nSPS) is 11.3. The van der Waals surface area contributed by atoms with E-state index in [1.54, 1.807) is 19.1 Å². The van der Waals surface area contributed by atoms with E-state index in [1.165, 1.54) is 5.56 Å². The van der Waals surface area contributed by atoms with Crippen molar-refractivity contribution in [1.82, 2.24) is 4.98 Å². The molecule has 1 heterocycles. The molecule has 0 spiro atoms. The Hall–Kier alpha value is -3.27. The van der Waals surface area contributed by atoms with Gasteiger partial charge < -0.3 is 4.42 Å². The molecule has 29 heavy (non-hydrogen) atoms. The van der Waals surface area contributed by atoms with Crippen LogP contribution in [0.2, 0.25) is 0 Å². The predicted octanol–water partition coefficient (Wildman–Crippen LogP) is 5.42. The number of rotatable bonds is 5. The predicted molar refractivity (Wildman–Crippen MR) is 115 cm³/mol. The number of hydrogen-bond acceptors (Lipinski definition) is 4. The summed E-state index contributed by atoms with van der Waals surface area (Å²) >= 11 is 0. The molecule has 0 atom stereocenters. The Morgan fingerprint density at radius 2 is 1.72 bits per heavy atom. The highest BCUT2D eigenvalue weighted by molar-refractivity contribution is 5.98. The summed E-state index contributed by atoms with van der Waals surface area (Å²) in [5.74, 6) is 0.582. The standard InChI is InChI=1S/C25H23NO3/c1-15-16(2)24(28)17(3)25-23(15)26-20-13-12-19(14-22(20)29-25)21(27)11-7-10-18-8-5-4-6-9-18/h4-6,8-9,12-14H,7,10-11H2,1-3H3. The van der Waals surface area contributed by atoms with Gasteiger partial charge in [0.2, 0.25) is 0 Å². The summed E-state index contributed by atoms with van der Waals surface area (Å²) in [7, 11) is 0. The van der Waals surface area contributed by atoms with Crippen molar-refractivity contribution in [1.29, 1.82) is 0 Å². The fourth-order valence-corrected chi connectivity index (χ4v) is 3.67. The van der Waals surface area contributed by atoms with Crippen molar-refractivity contribution < 1.29 is 9.21 Å². The number of fused-ring (bicyclic) bond motifs is 2. The lowest BCUT2D eigenvalue weighted by Crippen LogP contribution is -2.14. The Morgan fingerprint density at radius 3 is 2.48 bits per heavy atom. The largest absolute Gasteiger partial charge is 0.452 e. The summed E-state index contributed by atoms with van der Waals surface area (Å²) in [6.07, 6.45) is 2.15. The molecular weight excluding hydrogens is 362 g/mol. The van der Waals surface area contributed by atoms with Crippen LogP contribution in [0.15, 0.2) is 57.7 Å². The number of carbonyl (C=O) groups is 1. The first-order valence-corrected chi connectivity index (χ1v) is 9.87. The topological polar surface area (TPSA) is 60.2 Å². The van der Waals surface area contributed by atoms with Crippen molar-refractivity contribution in [3.8, 4) is 11.5 Å². The second-order valence-corrected chi connectivity index (χ2v) is 7.54. The first-order valence-electron chi connectivity index (χ1n) is 9.87. The summed E-state index contributed by atoms with van der Waals surface area (Å²) in [4.78, 5) is 29.8. The van der Waals surface area contributed by atoms with Gasteiger partial charge in [-0.2, -0.15) is 0 Å². The van der Waals surface area contributed by atoms with Crippen molar-refractivity contribution in [2.45, 2.75) is 40.0 Å². The molecule has 0 saturated heterocycles. The average molecular weight is 385 g/mol. The van der Waals surface area contributed by atoms with Gasteiger partial charge >= 0.3 is 0 Å². The van der Waals surface area contributed by atoms with E-state index < -0.39 is 0 Å². The number of aromatic nitrogens is 1. The van der Waals surface area contributed by atoms with Gasteiger partial charge in [-0.15, -0.1) is 0 Å². The van der Waals surface area contributed by atoms with Crippen LogP contribution in [0.3, 0.4) is 0 Å². The molecule has 1 aliphatic heterocycles. The van der Waals surface area contributed by atoms with Gasteiger partial charge in [0.25, 0.3) is 0 Å². The third-order valence-corrected chi connectivity index (χ3v) is 5.59. The summed E-state index contributed by atoms with van der Waals surface area (Å²) in [5.41, 5.74) is 5.82. The molecule has 0 N–H and O–H groups in total. The van der Waals surface area contributed by atoms with E-state index in [1.807, 2.05) is 38.1 Å². The minimum atomic E-state index is -0.0203. The molecule has 0 bridgehead atoms. The van der Waals surface area contributed by atoms with Gasteiger partial charge in [0, 0.05) is 23.1 Å². The molecule has 0 radical (unpaired) electrons. The van der Waals surface area contributed by atoms with E-state index in [0.29, 0.717) is 45.7 Å². The van der Waals surface area contributed by atoms with Crippen LogP contribution in [0.5, 0.6) is 0 Å². The minimum absolute atomic E-state index is 0.0203. The quantitative estimate of drug-likeness (QED) is 0.340. The molecule has 2 aromatic carbocycles. The Kier molecular flexibility index (Phi) is 5.01. The molecule has 0 saturated carbocycles. The highest BCUT2D eigenvalue weighted by Gasteiger charge is 2.20. The first kappa shape index (κ1) is 19.1. The minimum Gasteiger partial charge on any atom is -0.452 e. The van der Waals surface area contributed by atoms with Gasteiger partial charge in [-0.1, -0.05) is 30.3 Å². The molecule has 4 rings (SSSR count). The van der Waals surface area contributed by atoms with Crippen LogP contribution in [0.4, 0.5) is 0 Å². The SMILES string of the molecule is Cc1c2nc3ccc(C(=O)CCCc4ccccc4)cc3oc-2c(C)c(=O)c1C. The van der Waals surface area contributed by atoms with Gasteiger partial charge in [0.1, 0.15) is 11.2 Å². The van der Waals surface area contributed by atoms with E-state index in [2.05, 4.69) is 12.1 Å². The van der Waals surface area contributed by atoms with Gasteiger partial charge in [-0.05, 0) is 62.9 Å². The van der Waals surface area contributed by atoms with E-state index in [-0.39, 0.29) is 11.2 Å². The Bertz CT molecular complexity index is 1240. The van der Waals surface area contributed by atoms with E-state index in [9.17, 15) is 9.59 Å². The number of nitrogens with zero attached hydrogens (tertiary/aromatic N) is 1. The number of hydrogen-bond donors (Lipinski definition) is 0. The van der Waals surface area contributed by atoms with Crippen LogP contribution in [-0.2, 0) is 6.42 Å². The maximum absolute atomic E-state index is 12.6. The second-order valence-electron chi connectivity index (χ2n) is 7.54. The Labute approximate surface area is 169 Å². The van der Waals surface area contributed by atoms with E-state index >= 15 is 0 Å². The van der Waals surface area contributed by atoms with Crippen molar-refractivity contribution in [2.75, 3.05) is 0 Å². The van der Waals surface area contributed by atoms with E-state index in [0.717, 1.165) is 18.4 Å². The summed E-state index contributed by atoms with van der Waals surface area (Å²) in [6, 6.07) is 15.5. The monoisotopic (exact) mass is 385 g/mol. The highest BCUT2D eigenvalue weighted by Crippen LogP contribution is 2.31. The molecule has 0 amide bonds. The van der Waals surface area contributed by atoms with Gasteiger partial charge in [-0.25, -0.2) is 4.98 Å². The lowest BCUT2D eigenvalue weighted by Gasteiger charge is -2.13. The first-order chi connectivity index (χ1) is 14.0. The molecule has 2 aromatic rings. The summed E-state index contributed by atoms with van der Waals surface area (Å²) in [6.45, 7) is 5.46. The van der Waals surface area contributed by atoms with E-state index in [4.69, 9.17) is 9.40 Å². The number of Topliss-reactive ketones (excluding diaryl/α,β-unsaturated/α-hetero) is 1. The van der Waals surface area contributed by atoms with Gasteiger partial charge in [0.15, 0.2) is 22.6 Å². The van der Waals surface area contributed by atoms with Crippen LogP contribution in [-0.4, -0.2) is 10.8 Å². The highest BCUT2D eigenvalue weighted by atomic mass is 16.3. The zero-order valence-corrected chi connectivity index (χ0v) is 16.9. The smallest absolute Gasteiger partial charge is 0.188 e. The third kappa shape index (κ3) is 3.58. The molecule has 2 aliphatic rings. The molecule has 4 heteroatoms. The Balaban J connectivity index is 1.63. The van der Waals surface area contributed by atoms with Gasteiger partial charge in [-0.3, -0.25) is 9.59 Å². The molecule has 0 fully saturated rings. The lowest BCUT2D eigenvalue weighted by molar-refractivity contribution is 0.0980. The van der Waals surface area contributed by atoms with Crippen LogP contribution in [0.1, 0.15) is 45.5 Å². The molecule has 0 aromatic heterocycles. The van der Waals surface area contributed by atoms with Crippen molar-refractivity contribution in [3.63, 3.8) is 0 Å². The summed E-state index contributed by atoms with van der Waals surface area (Å²) in [5, 5.41) is 0. The number of carbonyl (C=O) groups excluding carboxylic acids is 1. The third-order valence-electron chi connectivity index (χ3n) is 5.59. The fourth-order valence-electron chi connectivity index (χ4n) is 3.67. The van der Waals surface area contributed by atoms with Crippen LogP contribution in [0, 0.1) is 20.8 Å². The van der Waals surface area contributed by atoms with Crippen molar-refractivity contribution in [3.05, 3.63) is 86.6 Å². The zero-order valence-electron chi connectivity index (χ0n) is 16.9. The van der Waals surface area contributed by atoms with Crippen LogP contribution >= 0.6 is 0 Å². The number of ketones is 1. The van der Waals surface area contributed by atoms with Crippen molar-refractivity contribution >= 4 is 16.9 Å². The fraction of sp³-hybridized carbons (Fsp3) is 0.240. The maximum atomic E-state index is 12.6. The summed E-state index contributed by atoms with van der Waals surface area (Å²) < 4.78 is 6.04. The maximum Gasteiger partial charge on any atom is 0.188 e. The second kappa shape index (κ2) is 7.63. The number of aryl methyl sites for hydroxylation is 1. The molecule has 146 valence electrons. The molecule has 0 unspecified atom stereocenters. The Morgan fingerprint density at radius 1 is 0.966 bits per heavy atom. The zero-order chi connectivity index (χ0) is 20.5. The molecule has 1 aliphatic carbocycles. The molecule has 4 nitrogen and oxygen atoms in total. The lowest BCUT2D eigenvalue weighted by atomic mass is 9.99. The average Bonchev–Trinajstić information content (AvgIpc) is 2.75.